The number of rotatable bonds is 6. The average Bonchev–Trinajstić information content (AvgIpc) is 2.69. The van der Waals surface area contributed by atoms with Crippen molar-refractivity contribution >= 4 is 23.0 Å². The van der Waals surface area contributed by atoms with E-state index in [-0.39, 0.29) is 11.8 Å². The van der Waals surface area contributed by atoms with Crippen molar-refractivity contribution in [2.75, 3.05) is 5.32 Å². The van der Waals surface area contributed by atoms with Gasteiger partial charge in [0.15, 0.2) is 5.11 Å². The molecule has 0 fully saturated rings. The maximum Gasteiger partial charge on any atom is 0.387 e. The lowest BCUT2D eigenvalue weighted by molar-refractivity contribution is -0.0498. The van der Waals surface area contributed by atoms with Gasteiger partial charge < -0.3 is 15.4 Å². The van der Waals surface area contributed by atoms with Crippen LogP contribution in [-0.4, -0.2) is 11.7 Å². The molecule has 144 valence electrons. The fraction of sp³-hybridized carbons (Fsp3) is 0.136. The van der Waals surface area contributed by atoms with Crippen LogP contribution in [0.15, 0.2) is 78.9 Å². The molecular weight excluding hydrogens is 378 g/mol. The molecule has 0 heterocycles. The Morgan fingerprint density at radius 2 is 1.46 bits per heavy atom. The quantitative estimate of drug-likeness (QED) is 0.524. The Kier molecular flexibility index (Phi) is 6.55. The minimum absolute atomic E-state index is 0.117. The number of alkyl halides is 2. The van der Waals surface area contributed by atoms with Gasteiger partial charge in [0.25, 0.3) is 0 Å². The standard InChI is InChI=1S/C22H20F2N2OS/c1-15-7-11-18(12-8-15)25-22(28)26-20(16-5-3-2-4-6-16)17-9-13-19(14-10-17)27-21(23)24/h2-14,20-21H,1H3,(H2,25,26,28)/t20-/m0/s1. The molecule has 0 saturated heterocycles. The van der Waals surface area contributed by atoms with Gasteiger partial charge in [-0.1, -0.05) is 60.2 Å². The van der Waals surface area contributed by atoms with Crippen LogP contribution in [0, 0.1) is 6.92 Å². The Morgan fingerprint density at radius 3 is 2.07 bits per heavy atom. The lowest BCUT2D eigenvalue weighted by Crippen LogP contribution is -2.33. The van der Waals surface area contributed by atoms with Gasteiger partial charge in [-0.2, -0.15) is 8.78 Å². The summed E-state index contributed by atoms with van der Waals surface area (Å²) in [6, 6.07) is 24.0. The number of hydrogen-bond acceptors (Lipinski definition) is 2. The molecule has 3 rings (SSSR count). The number of benzene rings is 3. The van der Waals surface area contributed by atoms with E-state index in [1.54, 1.807) is 12.1 Å². The Hall–Kier alpha value is -2.99. The first-order valence-corrected chi connectivity index (χ1v) is 9.16. The minimum Gasteiger partial charge on any atom is -0.435 e. The van der Waals surface area contributed by atoms with Gasteiger partial charge in [0.2, 0.25) is 0 Å². The van der Waals surface area contributed by atoms with Gasteiger partial charge in [-0.3, -0.25) is 0 Å². The first kappa shape index (κ1) is 19.8. The van der Waals surface area contributed by atoms with Crippen LogP contribution >= 0.6 is 12.2 Å². The van der Waals surface area contributed by atoms with Crippen molar-refractivity contribution in [3.63, 3.8) is 0 Å². The fourth-order valence-corrected chi connectivity index (χ4v) is 3.02. The largest absolute Gasteiger partial charge is 0.435 e. The Labute approximate surface area is 168 Å². The third kappa shape index (κ3) is 5.50. The topological polar surface area (TPSA) is 33.3 Å². The normalized spacial score (nSPS) is 11.7. The Balaban J connectivity index is 1.79. The number of halogens is 2. The first-order chi connectivity index (χ1) is 13.5. The Morgan fingerprint density at radius 1 is 0.857 bits per heavy atom. The summed E-state index contributed by atoms with van der Waals surface area (Å²) in [5, 5.41) is 6.94. The number of nitrogens with one attached hydrogen (secondary N) is 2. The predicted octanol–water partition coefficient (Wildman–Crippen LogP) is 5.67. The van der Waals surface area contributed by atoms with Crippen LogP contribution < -0.4 is 15.4 Å². The van der Waals surface area contributed by atoms with Gasteiger partial charge in [-0.15, -0.1) is 0 Å². The zero-order valence-electron chi connectivity index (χ0n) is 15.2. The van der Waals surface area contributed by atoms with Gasteiger partial charge in [-0.25, -0.2) is 0 Å². The maximum atomic E-state index is 12.4. The minimum atomic E-state index is -2.85. The van der Waals surface area contributed by atoms with E-state index in [4.69, 9.17) is 12.2 Å². The van der Waals surface area contributed by atoms with Gasteiger partial charge in [0.1, 0.15) is 5.75 Å². The van der Waals surface area contributed by atoms with Crippen molar-refractivity contribution in [3.05, 3.63) is 95.6 Å². The van der Waals surface area contributed by atoms with Gasteiger partial charge in [-0.05, 0) is 54.5 Å². The number of ether oxygens (including phenoxy) is 1. The zero-order chi connectivity index (χ0) is 19.9. The van der Waals surface area contributed by atoms with E-state index in [1.165, 1.54) is 12.1 Å². The van der Waals surface area contributed by atoms with Gasteiger partial charge >= 0.3 is 6.61 Å². The molecule has 0 radical (unpaired) electrons. The van der Waals surface area contributed by atoms with Crippen molar-refractivity contribution in [1.82, 2.24) is 5.32 Å². The number of anilines is 1. The first-order valence-electron chi connectivity index (χ1n) is 8.75. The van der Waals surface area contributed by atoms with Crippen molar-refractivity contribution < 1.29 is 13.5 Å². The van der Waals surface area contributed by atoms with Crippen LogP contribution in [0.3, 0.4) is 0 Å². The highest BCUT2D eigenvalue weighted by Gasteiger charge is 2.16. The third-order valence-electron chi connectivity index (χ3n) is 4.16. The summed E-state index contributed by atoms with van der Waals surface area (Å²) in [4.78, 5) is 0. The molecule has 2 N–H and O–H groups in total. The molecule has 1 atom stereocenters. The molecular formula is C22H20F2N2OS. The second kappa shape index (κ2) is 9.28. The number of hydrogen-bond donors (Lipinski definition) is 2. The van der Waals surface area contributed by atoms with Crippen molar-refractivity contribution in [3.8, 4) is 5.75 Å². The molecule has 3 nitrogen and oxygen atoms in total. The molecule has 0 amide bonds. The number of thiocarbonyl (C=S) groups is 1. The smallest absolute Gasteiger partial charge is 0.387 e. The van der Waals surface area contributed by atoms with E-state index in [1.807, 2.05) is 61.5 Å². The number of aryl methyl sites for hydroxylation is 1. The molecule has 3 aromatic rings. The fourth-order valence-electron chi connectivity index (χ4n) is 2.78. The molecule has 0 aromatic heterocycles. The van der Waals surface area contributed by atoms with E-state index < -0.39 is 6.61 Å². The third-order valence-corrected chi connectivity index (χ3v) is 4.38. The lowest BCUT2D eigenvalue weighted by atomic mass is 9.99. The second-order valence-electron chi connectivity index (χ2n) is 6.26. The second-order valence-corrected chi connectivity index (χ2v) is 6.66. The molecule has 0 bridgehead atoms. The molecule has 0 aliphatic rings. The van der Waals surface area contributed by atoms with Gasteiger partial charge in [0.05, 0.1) is 6.04 Å². The molecule has 3 aromatic carbocycles. The molecule has 0 saturated carbocycles. The lowest BCUT2D eigenvalue weighted by Gasteiger charge is -2.22. The van der Waals surface area contributed by atoms with E-state index in [2.05, 4.69) is 15.4 Å². The molecule has 6 heteroatoms. The van der Waals surface area contributed by atoms with Crippen molar-refractivity contribution in [1.29, 1.82) is 0 Å². The molecule has 28 heavy (non-hydrogen) atoms. The maximum absolute atomic E-state index is 12.4. The summed E-state index contributed by atoms with van der Waals surface area (Å²) in [6.07, 6.45) is 0. The van der Waals surface area contributed by atoms with Crippen LogP contribution in [0.4, 0.5) is 14.5 Å². The summed E-state index contributed by atoms with van der Waals surface area (Å²) >= 11 is 5.48. The molecule has 0 aliphatic heterocycles. The SMILES string of the molecule is Cc1ccc(NC(=S)N[C@@H](c2ccccc2)c2ccc(OC(F)F)cc2)cc1. The van der Waals surface area contributed by atoms with Crippen LogP contribution in [-0.2, 0) is 0 Å². The Bertz CT molecular complexity index is 900. The van der Waals surface area contributed by atoms with E-state index in [0.717, 1.165) is 22.4 Å². The van der Waals surface area contributed by atoms with Crippen LogP contribution in [0.2, 0.25) is 0 Å². The summed E-state index contributed by atoms with van der Waals surface area (Å²) in [7, 11) is 0. The summed E-state index contributed by atoms with van der Waals surface area (Å²) in [5.41, 5.74) is 3.92. The highest BCUT2D eigenvalue weighted by atomic mass is 32.1. The molecule has 0 spiro atoms. The highest BCUT2D eigenvalue weighted by molar-refractivity contribution is 7.80. The van der Waals surface area contributed by atoms with Crippen molar-refractivity contribution in [2.24, 2.45) is 0 Å². The van der Waals surface area contributed by atoms with E-state index >= 15 is 0 Å². The highest BCUT2D eigenvalue weighted by Crippen LogP contribution is 2.25. The van der Waals surface area contributed by atoms with Crippen LogP contribution in [0.25, 0.3) is 0 Å². The average molecular weight is 398 g/mol. The molecule has 0 aliphatic carbocycles. The van der Waals surface area contributed by atoms with Crippen LogP contribution in [0.1, 0.15) is 22.7 Å². The monoisotopic (exact) mass is 398 g/mol. The van der Waals surface area contributed by atoms with E-state index in [0.29, 0.717) is 5.11 Å². The zero-order valence-corrected chi connectivity index (χ0v) is 16.0. The predicted molar refractivity (Wildman–Crippen MR) is 112 cm³/mol. The summed E-state index contributed by atoms with van der Waals surface area (Å²) < 4.78 is 29.2. The van der Waals surface area contributed by atoms with Crippen LogP contribution in [0.5, 0.6) is 5.75 Å². The molecule has 0 unspecified atom stereocenters. The summed E-state index contributed by atoms with van der Waals surface area (Å²) in [6.45, 7) is -0.826. The van der Waals surface area contributed by atoms with Gasteiger partial charge in [0, 0.05) is 5.69 Å². The van der Waals surface area contributed by atoms with Crippen molar-refractivity contribution in [2.45, 2.75) is 19.6 Å². The summed E-state index contributed by atoms with van der Waals surface area (Å²) in [5.74, 6) is 0.117. The van der Waals surface area contributed by atoms with E-state index in [9.17, 15) is 8.78 Å².